The zero-order chi connectivity index (χ0) is 6.24. The summed E-state index contributed by atoms with van der Waals surface area (Å²) in [4.78, 5) is 0. The summed E-state index contributed by atoms with van der Waals surface area (Å²) < 4.78 is 0. The molecular formula is C6H12NO. The summed E-state index contributed by atoms with van der Waals surface area (Å²) in [5.74, 6) is 0. The summed E-state index contributed by atoms with van der Waals surface area (Å²) in [5, 5.41) is 10.7. The average Bonchev–Trinajstić information content (AvgIpc) is 1.81. The molecule has 0 amide bonds. The fourth-order valence-corrected chi connectivity index (χ4v) is 0.444. The molecule has 47 valence electrons. The molecule has 2 heteroatoms. The second-order valence-corrected chi connectivity index (χ2v) is 1.64. The normalized spacial score (nSPS) is 10.6. The summed E-state index contributed by atoms with van der Waals surface area (Å²) in [6.07, 6.45) is 6.64. The molecule has 1 N–H and O–H groups in total. The van der Waals surface area contributed by atoms with E-state index in [0.717, 1.165) is 6.42 Å². The molecular weight excluding hydrogens is 102 g/mol. The number of rotatable bonds is 4. The molecule has 1 radical (unpaired) electrons. The fourth-order valence-electron chi connectivity index (χ4n) is 0.444. The summed E-state index contributed by atoms with van der Waals surface area (Å²) in [5.41, 5.74) is 0. The zero-order valence-electron chi connectivity index (χ0n) is 5.17. The summed E-state index contributed by atoms with van der Waals surface area (Å²) in [6.45, 7) is 2.13. The van der Waals surface area contributed by atoms with Crippen LogP contribution in [0.25, 0.3) is 0 Å². The van der Waals surface area contributed by atoms with Gasteiger partial charge in [0.1, 0.15) is 0 Å². The molecule has 0 rings (SSSR count). The molecule has 0 aliphatic rings. The summed E-state index contributed by atoms with van der Waals surface area (Å²) >= 11 is 0. The van der Waals surface area contributed by atoms with Crippen LogP contribution in [-0.2, 0) is 0 Å². The maximum atomic E-state index is 7.90. The lowest BCUT2D eigenvalue weighted by molar-refractivity contribution is 0.321. The van der Waals surface area contributed by atoms with E-state index in [2.05, 4.69) is 12.1 Å². The highest BCUT2D eigenvalue weighted by Gasteiger charge is 1.80. The minimum Gasteiger partial charge on any atom is -0.411 e. The molecule has 0 aromatic carbocycles. The predicted octanol–water partition coefficient (Wildman–Crippen LogP) is 1.84. The lowest BCUT2D eigenvalue weighted by Crippen LogP contribution is -1.77. The Bertz CT molecular complexity index is 61.5. The first-order chi connectivity index (χ1) is 3.91. The number of unbranched alkanes of at least 4 members (excludes halogenated alkanes) is 3. The maximum Gasteiger partial charge on any atom is 0.0473 e. The quantitative estimate of drug-likeness (QED) is 0.257. The van der Waals surface area contributed by atoms with Crippen LogP contribution in [-0.4, -0.2) is 11.4 Å². The van der Waals surface area contributed by atoms with Crippen molar-refractivity contribution in [2.75, 3.05) is 0 Å². The molecule has 0 aromatic heterocycles. The van der Waals surface area contributed by atoms with Crippen LogP contribution >= 0.6 is 0 Å². The lowest BCUT2D eigenvalue weighted by Gasteiger charge is -1.87. The number of hydrogen-bond donors (Lipinski definition) is 1. The van der Waals surface area contributed by atoms with Gasteiger partial charge >= 0.3 is 0 Å². The maximum absolute atomic E-state index is 7.90. The Morgan fingerprint density at radius 2 is 2.38 bits per heavy atom. The molecule has 0 aliphatic carbocycles. The smallest absolute Gasteiger partial charge is 0.0473 e. The third-order valence-electron chi connectivity index (χ3n) is 0.896. The highest BCUT2D eigenvalue weighted by atomic mass is 16.4. The fraction of sp³-hybridized carbons (Fsp3) is 0.667. The van der Waals surface area contributed by atoms with Crippen molar-refractivity contribution in [3.05, 3.63) is 6.42 Å². The molecule has 0 bridgehead atoms. The van der Waals surface area contributed by atoms with E-state index in [9.17, 15) is 0 Å². The van der Waals surface area contributed by atoms with E-state index in [1.54, 1.807) is 0 Å². The Kier molecular flexibility index (Phi) is 6.04. The number of hydrogen-bond acceptors (Lipinski definition) is 2. The van der Waals surface area contributed by atoms with Gasteiger partial charge < -0.3 is 5.21 Å². The summed E-state index contributed by atoms with van der Waals surface area (Å²) in [6, 6.07) is 0. The van der Waals surface area contributed by atoms with Crippen molar-refractivity contribution < 1.29 is 5.21 Å². The van der Waals surface area contributed by atoms with Crippen molar-refractivity contribution >= 4 is 6.21 Å². The highest BCUT2D eigenvalue weighted by Crippen LogP contribution is 1.94. The Morgan fingerprint density at radius 1 is 1.62 bits per heavy atom. The lowest BCUT2D eigenvalue weighted by atomic mass is 10.2. The first-order valence-corrected chi connectivity index (χ1v) is 2.91. The second kappa shape index (κ2) is 6.47. The van der Waals surface area contributed by atoms with Crippen LogP contribution in [0.2, 0.25) is 0 Å². The van der Waals surface area contributed by atoms with Crippen molar-refractivity contribution in [1.29, 1.82) is 0 Å². The van der Waals surface area contributed by atoms with Gasteiger partial charge in [0.15, 0.2) is 0 Å². The molecule has 0 heterocycles. The summed E-state index contributed by atoms with van der Waals surface area (Å²) in [7, 11) is 0. The second-order valence-electron chi connectivity index (χ2n) is 1.64. The van der Waals surface area contributed by atoms with E-state index in [1.165, 1.54) is 19.1 Å². The van der Waals surface area contributed by atoms with Gasteiger partial charge in [-0.3, -0.25) is 0 Å². The van der Waals surface area contributed by atoms with Gasteiger partial charge in [0, 0.05) is 12.6 Å². The van der Waals surface area contributed by atoms with E-state index in [4.69, 9.17) is 5.21 Å². The highest BCUT2D eigenvalue weighted by molar-refractivity contribution is 5.66. The monoisotopic (exact) mass is 114 g/mol. The predicted molar refractivity (Wildman–Crippen MR) is 34.1 cm³/mol. The number of nitrogens with zero attached hydrogens (tertiary/aromatic N) is 1. The van der Waals surface area contributed by atoms with Crippen LogP contribution in [0.4, 0.5) is 0 Å². The molecule has 8 heavy (non-hydrogen) atoms. The molecule has 0 aliphatic heterocycles. The van der Waals surface area contributed by atoms with Crippen molar-refractivity contribution in [1.82, 2.24) is 0 Å². The Balaban J connectivity index is 2.72. The number of oxime groups is 1. The molecule has 0 saturated heterocycles. The van der Waals surface area contributed by atoms with Crippen LogP contribution in [0.1, 0.15) is 26.2 Å². The zero-order valence-corrected chi connectivity index (χ0v) is 5.17. The van der Waals surface area contributed by atoms with Gasteiger partial charge in [-0.25, -0.2) is 0 Å². The van der Waals surface area contributed by atoms with Crippen LogP contribution in [0.5, 0.6) is 0 Å². The van der Waals surface area contributed by atoms with Gasteiger partial charge in [-0.15, -0.1) is 5.16 Å². The van der Waals surface area contributed by atoms with E-state index < -0.39 is 0 Å². The van der Waals surface area contributed by atoms with E-state index in [0.29, 0.717) is 0 Å². The van der Waals surface area contributed by atoms with E-state index in [-0.39, 0.29) is 0 Å². The van der Waals surface area contributed by atoms with E-state index in [1.807, 2.05) is 6.42 Å². The van der Waals surface area contributed by atoms with Crippen molar-refractivity contribution in [2.45, 2.75) is 26.2 Å². The Hall–Kier alpha value is -0.530. The van der Waals surface area contributed by atoms with Crippen molar-refractivity contribution in [3.8, 4) is 0 Å². The molecule has 0 unspecified atom stereocenters. The molecule has 0 aromatic rings. The molecule has 0 spiro atoms. The topological polar surface area (TPSA) is 32.6 Å². The van der Waals surface area contributed by atoms with Gasteiger partial charge in [0.25, 0.3) is 0 Å². The van der Waals surface area contributed by atoms with Crippen LogP contribution in [0, 0.1) is 6.42 Å². The minimum absolute atomic E-state index is 1.01. The van der Waals surface area contributed by atoms with Crippen molar-refractivity contribution in [2.24, 2.45) is 5.16 Å². The SMILES string of the molecule is CCCC[CH]/C=N\O. The average molecular weight is 114 g/mol. The largest absolute Gasteiger partial charge is 0.411 e. The van der Waals surface area contributed by atoms with Gasteiger partial charge in [-0.1, -0.05) is 19.8 Å². The van der Waals surface area contributed by atoms with Gasteiger partial charge in [-0.2, -0.15) is 0 Å². The minimum atomic E-state index is 1.01. The Morgan fingerprint density at radius 3 is 2.88 bits per heavy atom. The third kappa shape index (κ3) is 5.47. The molecule has 2 nitrogen and oxygen atoms in total. The standard InChI is InChI=1S/C6H12NO/c1-2-3-4-5-6-7-8/h5-6,8H,2-4H2,1H3/b7-6-. The van der Waals surface area contributed by atoms with Crippen LogP contribution in [0.15, 0.2) is 5.16 Å². The van der Waals surface area contributed by atoms with Crippen LogP contribution < -0.4 is 0 Å². The third-order valence-corrected chi connectivity index (χ3v) is 0.896. The van der Waals surface area contributed by atoms with Crippen LogP contribution in [0.3, 0.4) is 0 Å². The van der Waals surface area contributed by atoms with Gasteiger partial charge in [0.05, 0.1) is 0 Å². The van der Waals surface area contributed by atoms with Crippen molar-refractivity contribution in [3.63, 3.8) is 0 Å². The molecule has 0 saturated carbocycles. The molecule has 0 fully saturated rings. The van der Waals surface area contributed by atoms with E-state index >= 15 is 0 Å². The molecule has 0 atom stereocenters. The first kappa shape index (κ1) is 7.47. The Labute approximate surface area is 50.2 Å². The first-order valence-electron chi connectivity index (χ1n) is 2.91. The van der Waals surface area contributed by atoms with Gasteiger partial charge in [-0.05, 0) is 6.42 Å². The van der Waals surface area contributed by atoms with Gasteiger partial charge in [0.2, 0.25) is 0 Å².